The molecule has 0 spiro atoms. The summed E-state index contributed by atoms with van der Waals surface area (Å²) < 4.78 is 12.8. The molecule has 0 radical (unpaired) electrons. The highest BCUT2D eigenvalue weighted by Gasteiger charge is 2.33. The molecule has 1 aliphatic rings. The molecule has 21 heavy (non-hydrogen) atoms. The number of rotatable bonds is 4. The maximum Gasteiger partial charge on any atom is 0.234 e. The van der Waals surface area contributed by atoms with Crippen molar-refractivity contribution in [1.82, 2.24) is 10.2 Å². The molecule has 116 valence electrons. The lowest BCUT2D eigenvalue weighted by Crippen LogP contribution is -2.54. The summed E-state index contributed by atoms with van der Waals surface area (Å²) in [7, 11) is 0. The van der Waals surface area contributed by atoms with E-state index < -0.39 is 0 Å². The van der Waals surface area contributed by atoms with Crippen molar-refractivity contribution in [3.8, 4) is 0 Å². The van der Waals surface area contributed by atoms with Crippen molar-refractivity contribution >= 4 is 5.91 Å². The molecule has 1 unspecified atom stereocenters. The molecule has 2 rings (SSSR count). The number of hydrogen-bond acceptors (Lipinski definition) is 3. The average Bonchev–Trinajstić information content (AvgIpc) is 2.42. The summed E-state index contributed by atoms with van der Waals surface area (Å²) >= 11 is 0. The number of hydrogen-bond donors (Lipinski definition) is 2. The van der Waals surface area contributed by atoms with Crippen LogP contribution in [0.3, 0.4) is 0 Å². The Morgan fingerprint density at radius 1 is 1.43 bits per heavy atom. The quantitative estimate of drug-likeness (QED) is 0.884. The second-order valence-electron chi connectivity index (χ2n) is 6.50. The smallest absolute Gasteiger partial charge is 0.234 e. The van der Waals surface area contributed by atoms with Crippen LogP contribution in [0.5, 0.6) is 0 Å². The number of nitrogens with two attached hydrogens (primary N) is 1. The Labute approximate surface area is 125 Å². The van der Waals surface area contributed by atoms with E-state index in [9.17, 15) is 9.18 Å². The van der Waals surface area contributed by atoms with Crippen molar-refractivity contribution in [2.24, 2.45) is 11.1 Å². The van der Waals surface area contributed by atoms with Gasteiger partial charge in [-0.3, -0.25) is 9.69 Å². The van der Waals surface area contributed by atoms with Gasteiger partial charge in [0.25, 0.3) is 0 Å². The number of piperidine rings is 1. The molecule has 1 amide bonds. The Hall–Kier alpha value is -1.46. The number of likely N-dealkylation sites (tertiary alicyclic amines) is 1. The predicted octanol–water partition coefficient (Wildman–Crippen LogP) is 1.50. The van der Waals surface area contributed by atoms with Crippen molar-refractivity contribution in [2.75, 3.05) is 19.6 Å². The number of halogens is 1. The van der Waals surface area contributed by atoms with Crippen LogP contribution in [0, 0.1) is 11.2 Å². The van der Waals surface area contributed by atoms with Crippen LogP contribution in [0.1, 0.15) is 25.8 Å². The van der Waals surface area contributed by atoms with Crippen LogP contribution in [0.4, 0.5) is 4.39 Å². The number of nitrogens with zero attached hydrogens (tertiary/aromatic N) is 1. The van der Waals surface area contributed by atoms with E-state index in [0.29, 0.717) is 13.1 Å². The molecular weight excluding hydrogens is 269 g/mol. The fourth-order valence-electron chi connectivity index (χ4n) is 2.68. The highest BCUT2D eigenvalue weighted by molar-refractivity contribution is 5.78. The molecule has 1 saturated heterocycles. The molecule has 1 atom stereocenters. The molecule has 0 bridgehead atoms. The van der Waals surface area contributed by atoms with Gasteiger partial charge in [-0.05, 0) is 29.5 Å². The van der Waals surface area contributed by atoms with Gasteiger partial charge in [-0.15, -0.1) is 0 Å². The third-order valence-corrected chi connectivity index (χ3v) is 4.16. The predicted molar refractivity (Wildman–Crippen MR) is 81.1 cm³/mol. The van der Waals surface area contributed by atoms with Gasteiger partial charge in [0.05, 0.1) is 6.54 Å². The summed E-state index contributed by atoms with van der Waals surface area (Å²) in [6.45, 7) is 6.78. The topological polar surface area (TPSA) is 58.4 Å². The lowest BCUT2D eigenvalue weighted by Gasteiger charge is -2.42. The minimum absolute atomic E-state index is 0.00871. The first kappa shape index (κ1) is 15.9. The zero-order chi connectivity index (χ0) is 15.5. The number of carbonyl (C=O) groups is 1. The van der Waals surface area contributed by atoms with Crippen LogP contribution in [0.2, 0.25) is 0 Å². The second-order valence-corrected chi connectivity index (χ2v) is 6.50. The lowest BCUT2D eigenvalue weighted by molar-refractivity contribution is -0.123. The van der Waals surface area contributed by atoms with Crippen LogP contribution in [-0.4, -0.2) is 36.5 Å². The maximum absolute atomic E-state index is 12.8. The van der Waals surface area contributed by atoms with E-state index in [1.807, 2.05) is 0 Å². The molecule has 1 aromatic carbocycles. The van der Waals surface area contributed by atoms with Gasteiger partial charge in [0.15, 0.2) is 0 Å². The van der Waals surface area contributed by atoms with Crippen LogP contribution in [0.25, 0.3) is 0 Å². The van der Waals surface area contributed by atoms with Crippen molar-refractivity contribution < 1.29 is 9.18 Å². The summed E-state index contributed by atoms with van der Waals surface area (Å²) in [4.78, 5) is 14.1. The third-order valence-electron chi connectivity index (χ3n) is 4.16. The third kappa shape index (κ3) is 4.51. The van der Waals surface area contributed by atoms with Gasteiger partial charge >= 0.3 is 0 Å². The molecule has 1 heterocycles. The number of carbonyl (C=O) groups excluding carboxylic acids is 1. The Balaban J connectivity index is 1.78. The standard InChI is InChI=1S/C16H24FN3O/c1-16(2)11-20(8-7-14(16)18)10-15(21)19-9-12-3-5-13(17)6-4-12/h3-6,14H,7-11,18H2,1-2H3,(H,19,21). The first-order valence-electron chi connectivity index (χ1n) is 7.36. The van der Waals surface area contributed by atoms with Crippen LogP contribution in [-0.2, 0) is 11.3 Å². The first-order chi connectivity index (χ1) is 9.87. The molecule has 0 aliphatic carbocycles. The van der Waals surface area contributed by atoms with Gasteiger partial charge in [-0.25, -0.2) is 4.39 Å². The normalized spacial score (nSPS) is 22.0. The van der Waals surface area contributed by atoms with Gasteiger partial charge in [0, 0.05) is 25.7 Å². The van der Waals surface area contributed by atoms with Gasteiger partial charge in [0.1, 0.15) is 5.82 Å². The Morgan fingerprint density at radius 2 is 2.10 bits per heavy atom. The molecular formula is C16H24FN3O. The van der Waals surface area contributed by atoms with Crippen molar-refractivity contribution in [3.63, 3.8) is 0 Å². The summed E-state index contributed by atoms with van der Waals surface area (Å²) in [6, 6.07) is 6.35. The average molecular weight is 293 g/mol. The molecule has 4 nitrogen and oxygen atoms in total. The minimum Gasteiger partial charge on any atom is -0.351 e. The van der Waals surface area contributed by atoms with E-state index in [-0.39, 0.29) is 23.2 Å². The number of amides is 1. The minimum atomic E-state index is -0.267. The van der Waals surface area contributed by atoms with E-state index >= 15 is 0 Å². The zero-order valence-electron chi connectivity index (χ0n) is 12.7. The van der Waals surface area contributed by atoms with Crippen molar-refractivity contribution in [2.45, 2.75) is 32.9 Å². The largest absolute Gasteiger partial charge is 0.351 e. The monoisotopic (exact) mass is 293 g/mol. The molecule has 1 aromatic rings. The highest BCUT2D eigenvalue weighted by Crippen LogP contribution is 2.27. The van der Waals surface area contributed by atoms with Crippen molar-refractivity contribution in [3.05, 3.63) is 35.6 Å². The van der Waals surface area contributed by atoms with Gasteiger partial charge in [-0.1, -0.05) is 26.0 Å². The maximum atomic E-state index is 12.8. The fraction of sp³-hybridized carbons (Fsp3) is 0.562. The molecule has 3 N–H and O–H groups in total. The number of nitrogens with one attached hydrogen (secondary N) is 1. The highest BCUT2D eigenvalue weighted by atomic mass is 19.1. The van der Waals surface area contributed by atoms with E-state index in [1.54, 1.807) is 12.1 Å². The van der Waals surface area contributed by atoms with Gasteiger partial charge in [-0.2, -0.15) is 0 Å². The van der Waals surface area contributed by atoms with Crippen LogP contribution in [0.15, 0.2) is 24.3 Å². The fourth-order valence-corrected chi connectivity index (χ4v) is 2.68. The van der Waals surface area contributed by atoms with Gasteiger partial charge in [0.2, 0.25) is 5.91 Å². The van der Waals surface area contributed by atoms with Crippen LogP contribution < -0.4 is 11.1 Å². The van der Waals surface area contributed by atoms with E-state index in [4.69, 9.17) is 5.73 Å². The molecule has 0 saturated carbocycles. The second kappa shape index (κ2) is 6.54. The lowest BCUT2D eigenvalue weighted by atomic mass is 9.80. The Morgan fingerprint density at radius 3 is 2.71 bits per heavy atom. The summed E-state index contributed by atoms with van der Waals surface area (Å²) in [6.07, 6.45) is 0.915. The molecule has 5 heteroatoms. The zero-order valence-corrected chi connectivity index (χ0v) is 12.7. The van der Waals surface area contributed by atoms with Gasteiger partial charge < -0.3 is 11.1 Å². The van der Waals surface area contributed by atoms with E-state index in [0.717, 1.165) is 25.1 Å². The van der Waals surface area contributed by atoms with E-state index in [1.165, 1.54) is 12.1 Å². The molecule has 1 fully saturated rings. The number of benzene rings is 1. The Kier molecular flexibility index (Phi) is 4.96. The SMILES string of the molecule is CC1(C)CN(CC(=O)NCc2ccc(F)cc2)CCC1N. The first-order valence-corrected chi connectivity index (χ1v) is 7.36. The van der Waals surface area contributed by atoms with Crippen molar-refractivity contribution in [1.29, 1.82) is 0 Å². The summed E-state index contributed by atoms with van der Waals surface area (Å²) in [5, 5.41) is 2.87. The van der Waals surface area contributed by atoms with Crippen LogP contribution >= 0.6 is 0 Å². The molecule has 1 aliphatic heterocycles. The Bertz CT molecular complexity index is 487. The summed E-state index contributed by atoms with van der Waals surface area (Å²) in [5.74, 6) is -0.275. The van der Waals surface area contributed by atoms with E-state index in [2.05, 4.69) is 24.1 Å². The molecule has 0 aromatic heterocycles. The summed E-state index contributed by atoms with van der Waals surface area (Å²) in [5.41, 5.74) is 7.03.